The van der Waals surface area contributed by atoms with Crippen LogP contribution in [0.1, 0.15) is 26.7 Å². The van der Waals surface area contributed by atoms with E-state index in [1.54, 1.807) is 11.3 Å². The predicted octanol–water partition coefficient (Wildman–Crippen LogP) is 4.38. The minimum absolute atomic E-state index is 0.0113. The number of hydrogen-bond donors (Lipinski definition) is 2. The van der Waals surface area contributed by atoms with Gasteiger partial charge in [0.2, 0.25) is 5.91 Å². The number of fused-ring (bicyclic) bond motifs is 1. The fraction of sp³-hybridized carbons (Fsp3) is 0.182. The molecule has 0 saturated carbocycles. The SMILES string of the molecule is Cc1nc(CNC(=O)Cc2c[nH]c3ccccc23)sc1Cc1ccccc1. The van der Waals surface area contributed by atoms with Crippen LogP contribution in [0.4, 0.5) is 0 Å². The summed E-state index contributed by atoms with van der Waals surface area (Å²) in [6.45, 7) is 2.51. The van der Waals surface area contributed by atoms with Crippen LogP contribution in [0.2, 0.25) is 0 Å². The molecule has 2 aromatic carbocycles. The summed E-state index contributed by atoms with van der Waals surface area (Å²) in [6.07, 6.45) is 3.16. The van der Waals surface area contributed by atoms with Crippen molar-refractivity contribution in [1.29, 1.82) is 0 Å². The van der Waals surface area contributed by atoms with Gasteiger partial charge in [0.25, 0.3) is 0 Å². The quantitative estimate of drug-likeness (QED) is 0.525. The Hall–Kier alpha value is -2.92. The normalized spacial score (nSPS) is 11.0. The second kappa shape index (κ2) is 7.76. The van der Waals surface area contributed by atoms with E-state index in [9.17, 15) is 4.79 Å². The van der Waals surface area contributed by atoms with Gasteiger partial charge < -0.3 is 10.3 Å². The van der Waals surface area contributed by atoms with E-state index in [4.69, 9.17) is 0 Å². The molecule has 0 fully saturated rings. The molecule has 0 atom stereocenters. The Morgan fingerprint density at radius 1 is 1.11 bits per heavy atom. The fourth-order valence-electron chi connectivity index (χ4n) is 3.20. The largest absolute Gasteiger partial charge is 0.361 e. The molecule has 0 bridgehead atoms. The van der Waals surface area contributed by atoms with Crippen LogP contribution in [0.15, 0.2) is 60.8 Å². The zero-order valence-corrected chi connectivity index (χ0v) is 16.0. The van der Waals surface area contributed by atoms with E-state index >= 15 is 0 Å². The average molecular weight is 375 g/mol. The third-order valence-corrected chi connectivity index (χ3v) is 5.76. The Kier molecular flexibility index (Phi) is 5.03. The monoisotopic (exact) mass is 375 g/mol. The van der Waals surface area contributed by atoms with Gasteiger partial charge in [0.05, 0.1) is 18.7 Å². The minimum Gasteiger partial charge on any atom is -0.361 e. The summed E-state index contributed by atoms with van der Waals surface area (Å²) in [7, 11) is 0. The topological polar surface area (TPSA) is 57.8 Å². The van der Waals surface area contributed by atoms with Crippen LogP contribution >= 0.6 is 11.3 Å². The van der Waals surface area contributed by atoms with Crippen molar-refractivity contribution in [3.05, 3.63) is 87.5 Å². The lowest BCUT2D eigenvalue weighted by atomic mass is 10.1. The van der Waals surface area contributed by atoms with Crippen molar-refractivity contribution >= 4 is 28.1 Å². The van der Waals surface area contributed by atoms with Gasteiger partial charge in [0, 0.05) is 28.4 Å². The molecule has 27 heavy (non-hydrogen) atoms. The van der Waals surface area contributed by atoms with Gasteiger partial charge in [-0.2, -0.15) is 0 Å². The van der Waals surface area contributed by atoms with Gasteiger partial charge in [-0.25, -0.2) is 4.98 Å². The maximum absolute atomic E-state index is 12.4. The molecule has 2 aromatic heterocycles. The Morgan fingerprint density at radius 2 is 1.89 bits per heavy atom. The Balaban J connectivity index is 1.37. The van der Waals surface area contributed by atoms with Gasteiger partial charge in [-0.1, -0.05) is 48.5 Å². The number of nitrogens with zero attached hydrogens (tertiary/aromatic N) is 1. The van der Waals surface area contributed by atoms with Crippen molar-refractivity contribution in [2.45, 2.75) is 26.3 Å². The highest BCUT2D eigenvalue weighted by Crippen LogP contribution is 2.22. The molecule has 2 N–H and O–H groups in total. The predicted molar refractivity (Wildman–Crippen MR) is 110 cm³/mol. The molecule has 4 nitrogen and oxygen atoms in total. The van der Waals surface area contributed by atoms with E-state index in [-0.39, 0.29) is 5.91 Å². The van der Waals surface area contributed by atoms with Crippen LogP contribution in [0, 0.1) is 6.92 Å². The molecule has 0 aliphatic heterocycles. The van der Waals surface area contributed by atoms with Crippen molar-refractivity contribution < 1.29 is 4.79 Å². The molecule has 0 unspecified atom stereocenters. The molecule has 2 heterocycles. The Labute approximate surface area is 162 Å². The lowest BCUT2D eigenvalue weighted by molar-refractivity contribution is -0.120. The Morgan fingerprint density at radius 3 is 2.74 bits per heavy atom. The highest BCUT2D eigenvalue weighted by atomic mass is 32.1. The summed E-state index contributed by atoms with van der Waals surface area (Å²) < 4.78 is 0. The van der Waals surface area contributed by atoms with Crippen LogP contribution < -0.4 is 5.32 Å². The number of thiazole rings is 1. The number of nitrogens with one attached hydrogen (secondary N) is 2. The number of aryl methyl sites for hydroxylation is 1. The first kappa shape index (κ1) is 17.5. The number of para-hydroxylation sites is 1. The first-order chi connectivity index (χ1) is 13.2. The van der Waals surface area contributed by atoms with Crippen molar-refractivity contribution in [1.82, 2.24) is 15.3 Å². The van der Waals surface area contributed by atoms with Gasteiger partial charge in [0.1, 0.15) is 5.01 Å². The lowest BCUT2D eigenvalue weighted by Crippen LogP contribution is -2.24. The summed E-state index contributed by atoms with van der Waals surface area (Å²) >= 11 is 1.67. The summed E-state index contributed by atoms with van der Waals surface area (Å²) in [5, 5.41) is 5.05. The van der Waals surface area contributed by atoms with Gasteiger partial charge >= 0.3 is 0 Å². The van der Waals surface area contributed by atoms with E-state index in [0.29, 0.717) is 13.0 Å². The van der Waals surface area contributed by atoms with Crippen LogP contribution in [0.5, 0.6) is 0 Å². The molecule has 1 amide bonds. The Bertz CT molecular complexity index is 1070. The number of hydrogen-bond acceptors (Lipinski definition) is 3. The number of H-pyrrole nitrogens is 1. The second-order valence-corrected chi connectivity index (χ2v) is 7.76. The molecule has 0 aliphatic carbocycles. The van der Waals surface area contributed by atoms with Crippen molar-refractivity contribution in [3.8, 4) is 0 Å². The van der Waals surface area contributed by atoms with E-state index in [0.717, 1.165) is 33.6 Å². The van der Waals surface area contributed by atoms with E-state index in [1.165, 1.54) is 10.4 Å². The number of carbonyl (C=O) groups is 1. The molecule has 0 radical (unpaired) electrons. The number of aromatic amines is 1. The molecule has 4 aromatic rings. The van der Waals surface area contributed by atoms with Gasteiger partial charge in [-0.05, 0) is 24.1 Å². The standard InChI is InChI=1S/C22H21N3OS/c1-15-20(11-16-7-3-2-4-8-16)27-22(25-15)14-24-21(26)12-17-13-23-19-10-6-5-9-18(17)19/h2-10,13,23H,11-12,14H2,1H3,(H,24,26). The summed E-state index contributed by atoms with van der Waals surface area (Å²) in [5.74, 6) is 0.0113. The molecular formula is C22H21N3OS. The third kappa shape index (κ3) is 4.09. The van der Waals surface area contributed by atoms with Crippen LogP contribution in [-0.4, -0.2) is 15.9 Å². The highest BCUT2D eigenvalue weighted by molar-refractivity contribution is 7.11. The molecular weight excluding hydrogens is 354 g/mol. The van der Waals surface area contributed by atoms with Gasteiger partial charge in [0.15, 0.2) is 0 Å². The van der Waals surface area contributed by atoms with E-state index < -0.39 is 0 Å². The molecule has 5 heteroatoms. The summed E-state index contributed by atoms with van der Waals surface area (Å²) in [4.78, 5) is 21.4. The summed E-state index contributed by atoms with van der Waals surface area (Å²) in [6, 6.07) is 18.4. The average Bonchev–Trinajstić information content (AvgIpc) is 3.25. The molecule has 0 spiro atoms. The zero-order valence-electron chi connectivity index (χ0n) is 15.2. The first-order valence-electron chi connectivity index (χ1n) is 9.00. The molecule has 136 valence electrons. The van der Waals surface area contributed by atoms with Crippen LogP contribution in [0.25, 0.3) is 10.9 Å². The van der Waals surface area contributed by atoms with Crippen molar-refractivity contribution in [3.63, 3.8) is 0 Å². The van der Waals surface area contributed by atoms with E-state index in [2.05, 4.69) is 39.6 Å². The third-order valence-electron chi connectivity index (χ3n) is 4.61. The van der Waals surface area contributed by atoms with Crippen molar-refractivity contribution in [2.24, 2.45) is 0 Å². The number of benzene rings is 2. The van der Waals surface area contributed by atoms with Crippen molar-refractivity contribution in [2.75, 3.05) is 0 Å². The number of aromatic nitrogens is 2. The van der Waals surface area contributed by atoms with E-state index in [1.807, 2.05) is 43.5 Å². The number of carbonyl (C=O) groups excluding carboxylic acids is 1. The maximum atomic E-state index is 12.4. The lowest BCUT2D eigenvalue weighted by Gasteiger charge is -2.02. The minimum atomic E-state index is 0.0113. The van der Waals surface area contributed by atoms with Gasteiger partial charge in [-0.15, -0.1) is 11.3 Å². The highest BCUT2D eigenvalue weighted by Gasteiger charge is 2.11. The molecule has 0 aliphatic rings. The summed E-state index contributed by atoms with van der Waals surface area (Å²) in [5.41, 5.74) is 4.40. The molecule has 0 saturated heterocycles. The fourth-order valence-corrected chi connectivity index (χ4v) is 4.24. The number of rotatable bonds is 6. The first-order valence-corrected chi connectivity index (χ1v) is 9.81. The smallest absolute Gasteiger partial charge is 0.224 e. The maximum Gasteiger partial charge on any atom is 0.224 e. The van der Waals surface area contributed by atoms with Crippen LogP contribution in [-0.2, 0) is 24.2 Å². The van der Waals surface area contributed by atoms with Gasteiger partial charge in [-0.3, -0.25) is 4.79 Å². The zero-order chi connectivity index (χ0) is 18.6. The van der Waals surface area contributed by atoms with Crippen LogP contribution in [0.3, 0.4) is 0 Å². The molecule has 4 rings (SSSR count). The number of amides is 1. The second-order valence-electron chi connectivity index (χ2n) is 6.59.